The highest BCUT2D eigenvalue weighted by Crippen LogP contribution is 2.31. The largest absolute Gasteiger partial charge is 0.493 e. The molecule has 2 aromatic carbocycles. The van der Waals surface area contributed by atoms with Gasteiger partial charge in [-0.1, -0.05) is 12.1 Å². The predicted molar refractivity (Wildman–Crippen MR) is 96.3 cm³/mol. The van der Waals surface area contributed by atoms with E-state index in [4.69, 9.17) is 14.2 Å². The molecule has 0 aliphatic heterocycles. The maximum absolute atomic E-state index is 12.2. The number of esters is 1. The first kappa shape index (κ1) is 19.7. The maximum Gasteiger partial charge on any atom is 0.342 e. The Labute approximate surface area is 155 Å². The van der Waals surface area contributed by atoms with Gasteiger partial charge in [0.1, 0.15) is 5.56 Å². The van der Waals surface area contributed by atoms with Gasteiger partial charge in [-0.15, -0.1) is 0 Å². The van der Waals surface area contributed by atoms with Crippen LogP contribution in [-0.4, -0.2) is 37.6 Å². The van der Waals surface area contributed by atoms with Crippen LogP contribution in [0.5, 0.6) is 11.5 Å². The van der Waals surface area contributed by atoms with Gasteiger partial charge in [-0.3, -0.25) is 14.9 Å². The number of carbonyl (C=O) groups excluding carboxylic acids is 2. The van der Waals surface area contributed by atoms with E-state index in [0.29, 0.717) is 11.3 Å². The van der Waals surface area contributed by atoms with E-state index >= 15 is 0 Å². The Morgan fingerprint density at radius 3 is 2.52 bits per heavy atom. The monoisotopic (exact) mass is 374 g/mol. The Kier molecular flexibility index (Phi) is 6.32. The predicted octanol–water partition coefficient (Wildman–Crippen LogP) is 2.72. The van der Waals surface area contributed by atoms with E-state index < -0.39 is 23.4 Å². The molecule has 1 N–H and O–H groups in total. The van der Waals surface area contributed by atoms with Crippen molar-refractivity contribution in [2.45, 2.75) is 6.92 Å². The van der Waals surface area contributed by atoms with Crippen molar-refractivity contribution in [1.82, 2.24) is 0 Å². The number of nitro groups is 1. The number of para-hydroxylation sites is 1. The standard InChI is InChI=1S/C18H18N2O7/c1-11-7-8-12(9-14(11)20(23)24)19-16(21)10-27-18(22)13-5-4-6-15(25-2)17(13)26-3/h4-9H,10H2,1-3H3,(H,19,21). The fourth-order valence-corrected chi connectivity index (χ4v) is 2.34. The number of nitrogens with zero attached hydrogens (tertiary/aromatic N) is 1. The molecule has 0 heterocycles. The Morgan fingerprint density at radius 1 is 1.15 bits per heavy atom. The summed E-state index contributed by atoms with van der Waals surface area (Å²) in [5.41, 5.74) is 0.684. The molecule has 0 atom stereocenters. The fraction of sp³-hybridized carbons (Fsp3) is 0.222. The minimum Gasteiger partial charge on any atom is -0.493 e. The van der Waals surface area contributed by atoms with Gasteiger partial charge in [-0.2, -0.15) is 0 Å². The Hall–Kier alpha value is -3.62. The highest BCUT2D eigenvalue weighted by Gasteiger charge is 2.19. The SMILES string of the molecule is COc1cccc(C(=O)OCC(=O)Nc2ccc(C)c([N+](=O)[O-])c2)c1OC. The number of aryl methyl sites for hydroxylation is 1. The number of methoxy groups -OCH3 is 2. The summed E-state index contributed by atoms with van der Waals surface area (Å²) in [7, 11) is 2.81. The molecular formula is C18H18N2O7. The summed E-state index contributed by atoms with van der Waals surface area (Å²) < 4.78 is 15.2. The number of nitrogens with one attached hydrogen (secondary N) is 1. The molecule has 0 spiro atoms. The molecule has 9 heteroatoms. The first-order chi connectivity index (χ1) is 12.9. The second-order valence-corrected chi connectivity index (χ2v) is 5.42. The summed E-state index contributed by atoms with van der Waals surface area (Å²) in [5, 5.41) is 13.4. The van der Waals surface area contributed by atoms with Crippen LogP contribution < -0.4 is 14.8 Å². The molecule has 0 aliphatic rings. The average Bonchev–Trinajstić information content (AvgIpc) is 2.66. The second kappa shape index (κ2) is 8.65. The van der Waals surface area contributed by atoms with Crippen molar-refractivity contribution < 1.29 is 28.7 Å². The number of nitro benzene ring substituents is 1. The van der Waals surface area contributed by atoms with E-state index in [1.54, 1.807) is 19.1 Å². The van der Waals surface area contributed by atoms with Crippen LogP contribution in [0.2, 0.25) is 0 Å². The van der Waals surface area contributed by atoms with Gasteiger partial charge in [0.15, 0.2) is 18.1 Å². The summed E-state index contributed by atoms with van der Waals surface area (Å²) in [6.45, 7) is 1.02. The lowest BCUT2D eigenvalue weighted by Gasteiger charge is -2.12. The molecule has 2 rings (SSSR count). The van der Waals surface area contributed by atoms with E-state index in [2.05, 4.69) is 5.32 Å². The van der Waals surface area contributed by atoms with Crippen molar-refractivity contribution in [3.8, 4) is 11.5 Å². The first-order valence-electron chi connectivity index (χ1n) is 7.80. The molecule has 27 heavy (non-hydrogen) atoms. The van der Waals surface area contributed by atoms with Crippen LogP contribution in [0.1, 0.15) is 15.9 Å². The van der Waals surface area contributed by atoms with Gasteiger partial charge in [0.05, 0.1) is 19.1 Å². The molecule has 0 aliphatic carbocycles. The fourth-order valence-electron chi connectivity index (χ4n) is 2.34. The van der Waals surface area contributed by atoms with Gasteiger partial charge in [0, 0.05) is 17.3 Å². The van der Waals surface area contributed by atoms with E-state index in [9.17, 15) is 19.7 Å². The quantitative estimate of drug-likeness (QED) is 0.450. The van der Waals surface area contributed by atoms with Crippen molar-refractivity contribution in [3.05, 3.63) is 57.6 Å². The van der Waals surface area contributed by atoms with Crippen molar-refractivity contribution >= 4 is 23.3 Å². The Bertz CT molecular complexity index is 880. The van der Waals surface area contributed by atoms with Gasteiger partial charge in [0.2, 0.25) is 0 Å². The van der Waals surface area contributed by atoms with Gasteiger partial charge in [0.25, 0.3) is 11.6 Å². The maximum atomic E-state index is 12.2. The van der Waals surface area contributed by atoms with Gasteiger partial charge >= 0.3 is 5.97 Å². The van der Waals surface area contributed by atoms with Crippen LogP contribution in [0, 0.1) is 17.0 Å². The van der Waals surface area contributed by atoms with Gasteiger partial charge in [-0.05, 0) is 25.1 Å². The summed E-state index contributed by atoms with van der Waals surface area (Å²) in [5.74, 6) is -0.859. The Morgan fingerprint density at radius 2 is 1.89 bits per heavy atom. The summed E-state index contributed by atoms with van der Waals surface area (Å²) in [6, 6.07) is 8.95. The van der Waals surface area contributed by atoms with Crippen LogP contribution >= 0.6 is 0 Å². The molecule has 0 fully saturated rings. The topological polar surface area (TPSA) is 117 Å². The third-order valence-electron chi connectivity index (χ3n) is 3.65. The zero-order valence-corrected chi connectivity index (χ0v) is 15.0. The molecule has 142 valence electrons. The highest BCUT2D eigenvalue weighted by molar-refractivity contribution is 5.97. The lowest BCUT2D eigenvalue weighted by Crippen LogP contribution is -2.21. The molecule has 0 radical (unpaired) electrons. The van der Waals surface area contributed by atoms with Crippen molar-refractivity contribution in [2.75, 3.05) is 26.1 Å². The number of rotatable bonds is 7. The summed E-state index contributed by atoms with van der Waals surface area (Å²) in [6.07, 6.45) is 0. The summed E-state index contributed by atoms with van der Waals surface area (Å²) >= 11 is 0. The molecule has 2 aromatic rings. The molecule has 0 bridgehead atoms. The van der Waals surface area contributed by atoms with E-state index in [-0.39, 0.29) is 22.7 Å². The minimum atomic E-state index is -0.768. The van der Waals surface area contributed by atoms with Gasteiger partial charge in [-0.25, -0.2) is 4.79 Å². The second-order valence-electron chi connectivity index (χ2n) is 5.42. The lowest BCUT2D eigenvalue weighted by molar-refractivity contribution is -0.385. The minimum absolute atomic E-state index is 0.107. The third-order valence-corrected chi connectivity index (χ3v) is 3.65. The van der Waals surface area contributed by atoms with Crippen molar-refractivity contribution in [1.29, 1.82) is 0 Å². The van der Waals surface area contributed by atoms with E-state index in [1.165, 1.54) is 38.5 Å². The smallest absolute Gasteiger partial charge is 0.342 e. The summed E-state index contributed by atoms with van der Waals surface area (Å²) in [4.78, 5) is 34.6. The molecular weight excluding hydrogens is 356 g/mol. The number of amides is 1. The third kappa shape index (κ3) is 4.72. The normalized spacial score (nSPS) is 10.0. The number of hydrogen-bond acceptors (Lipinski definition) is 7. The molecule has 0 saturated heterocycles. The van der Waals surface area contributed by atoms with Crippen molar-refractivity contribution in [3.63, 3.8) is 0 Å². The molecule has 0 unspecified atom stereocenters. The number of anilines is 1. The molecule has 0 aromatic heterocycles. The molecule has 9 nitrogen and oxygen atoms in total. The average molecular weight is 374 g/mol. The highest BCUT2D eigenvalue weighted by atomic mass is 16.6. The van der Waals surface area contributed by atoms with E-state index in [0.717, 1.165) is 0 Å². The van der Waals surface area contributed by atoms with Crippen LogP contribution in [0.25, 0.3) is 0 Å². The van der Waals surface area contributed by atoms with Crippen LogP contribution in [-0.2, 0) is 9.53 Å². The number of hydrogen-bond donors (Lipinski definition) is 1. The molecule has 0 saturated carbocycles. The first-order valence-corrected chi connectivity index (χ1v) is 7.80. The zero-order valence-electron chi connectivity index (χ0n) is 15.0. The Balaban J connectivity index is 2.03. The van der Waals surface area contributed by atoms with Crippen LogP contribution in [0.4, 0.5) is 11.4 Å². The van der Waals surface area contributed by atoms with Crippen LogP contribution in [0.3, 0.4) is 0 Å². The number of ether oxygens (including phenoxy) is 3. The van der Waals surface area contributed by atoms with Crippen LogP contribution in [0.15, 0.2) is 36.4 Å². The van der Waals surface area contributed by atoms with E-state index in [1.807, 2.05) is 0 Å². The van der Waals surface area contributed by atoms with Crippen molar-refractivity contribution in [2.24, 2.45) is 0 Å². The number of benzene rings is 2. The van der Waals surface area contributed by atoms with Gasteiger partial charge < -0.3 is 19.5 Å². The lowest BCUT2D eigenvalue weighted by atomic mass is 10.2. The molecule has 1 amide bonds. The number of carbonyl (C=O) groups is 2. The zero-order chi connectivity index (χ0) is 20.0.